The standard InChI is InChI=1S/C13H17NO2/c1-8-6-9(2)11-10(7-8)14(12(15)16-11)13(3,4)5/h6-7H,1-5H3. The number of fused-ring (bicyclic) bond motifs is 1. The quantitative estimate of drug-likeness (QED) is 0.682. The number of aromatic nitrogens is 1. The lowest BCUT2D eigenvalue weighted by atomic mass is 10.1. The molecule has 86 valence electrons. The van der Waals surface area contributed by atoms with Gasteiger partial charge in [-0.3, -0.25) is 4.57 Å². The van der Waals surface area contributed by atoms with Crippen LogP contribution in [-0.2, 0) is 5.54 Å². The van der Waals surface area contributed by atoms with Crippen LogP contribution in [0.25, 0.3) is 11.1 Å². The first-order valence-corrected chi connectivity index (χ1v) is 5.44. The van der Waals surface area contributed by atoms with E-state index in [-0.39, 0.29) is 11.3 Å². The molecular formula is C13H17NO2. The topological polar surface area (TPSA) is 35.1 Å². The predicted molar refractivity (Wildman–Crippen MR) is 64.9 cm³/mol. The Bertz CT molecular complexity index is 597. The number of hydrogen-bond acceptors (Lipinski definition) is 2. The van der Waals surface area contributed by atoms with Crippen LogP contribution < -0.4 is 5.76 Å². The minimum absolute atomic E-state index is 0.261. The number of nitrogens with zero attached hydrogens (tertiary/aromatic N) is 1. The summed E-state index contributed by atoms with van der Waals surface area (Å²) in [5, 5.41) is 0. The smallest absolute Gasteiger partial charge is 0.407 e. The molecule has 0 saturated carbocycles. The summed E-state index contributed by atoms with van der Waals surface area (Å²) < 4.78 is 7.03. The average molecular weight is 219 g/mol. The van der Waals surface area contributed by atoms with E-state index in [0.29, 0.717) is 5.58 Å². The summed E-state index contributed by atoms with van der Waals surface area (Å²) in [5.74, 6) is -0.281. The van der Waals surface area contributed by atoms with Crippen molar-refractivity contribution in [3.05, 3.63) is 33.8 Å². The maximum absolute atomic E-state index is 11.8. The zero-order valence-electron chi connectivity index (χ0n) is 10.4. The van der Waals surface area contributed by atoms with E-state index < -0.39 is 0 Å². The highest BCUT2D eigenvalue weighted by molar-refractivity contribution is 5.77. The molecule has 3 nitrogen and oxygen atoms in total. The molecule has 0 aliphatic rings. The molecule has 2 aromatic rings. The second-order valence-corrected chi connectivity index (χ2v) is 5.30. The van der Waals surface area contributed by atoms with E-state index in [0.717, 1.165) is 16.6 Å². The fourth-order valence-corrected chi connectivity index (χ4v) is 2.10. The molecule has 0 N–H and O–H groups in total. The summed E-state index contributed by atoms with van der Waals surface area (Å²) in [5.41, 5.74) is 3.47. The van der Waals surface area contributed by atoms with Crippen LogP contribution >= 0.6 is 0 Å². The third kappa shape index (κ3) is 1.56. The van der Waals surface area contributed by atoms with Crippen LogP contribution in [0.3, 0.4) is 0 Å². The number of aryl methyl sites for hydroxylation is 2. The number of oxazole rings is 1. The Morgan fingerprint density at radius 3 is 2.38 bits per heavy atom. The van der Waals surface area contributed by atoms with Crippen LogP contribution in [0.1, 0.15) is 31.9 Å². The Hall–Kier alpha value is -1.51. The van der Waals surface area contributed by atoms with Gasteiger partial charge in [-0.1, -0.05) is 6.07 Å². The first kappa shape index (κ1) is 11.0. The largest absolute Gasteiger partial charge is 0.420 e. The van der Waals surface area contributed by atoms with Gasteiger partial charge < -0.3 is 4.42 Å². The van der Waals surface area contributed by atoms with Gasteiger partial charge in [0.1, 0.15) is 0 Å². The number of rotatable bonds is 0. The fraction of sp³-hybridized carbons (Fsp3) is 0.462. The molecule has 1 heterocycles. The SMILES string of the molecule is Cc1cc(C)c2oc(=O)n(C(C)(C)C)c2c1. The van der Waals surface area contributed by atoms with Gasteiger partial charge in [0.2, 0.25) is 0 Å². The van der Waals surface area contributed by atoms with Crippen LogP contribution in [0.2, 0.25) is 0 Å². The van der Waals surface area contributed by atoms with Crippen LogP contribution in [0.4, 0.5) is 0 Å². The second kappa shape index (κ2) is 3.24. The van der Waals surface area contributed by atoms with Crippen molar-refractivity contribution < 1.29 is 4.42 Å². The summed E-state index contributed by atoms with van der Waals surface area (Å²) in [4.78, 5) is 11.8. The van der Waals surface area contributed by atoms with Crippen molar-refractivity contribution in [2.45, 2.75) is 40.2 Å². The van der Waals surface area contributed by atoms with Gasteiger partial charge in [-0.05, 0) is 51.8 Å². The van der Waals surface area contributed by atoms with Gasteiger partial charge >= 0.3 is 5.76 Å². The molecule has 0 atom stereocenters. The molecule has 0 spiro atoms. The van der Waals surface area contributed by atoms with Crippen molar-refractivity contribution in [3.63, 3.8) is 0 Å². The van der Waals surface area contributed by atoms with E-state index in [4.69, 9.17) is 4.42 Å². The molecule has 16 heavy (non-hydrogen) atoms. The molecule has 1 aromatic carbocycles. The van der Waals surface area contributed by atoms with Crippen LogP contribution in [-0.4, -0.2) is 4.57 Å². The molecule has 0 amide bonds. The number of hydrogen-bond donors (Lipinski definition) is 0. The molecule has 0 unspecified atom stereocenters. The zero-order valence-corrected chi connectivity index (χ0v) is 10.4. The summed E-state index contributed by atoms with van der Waals surface area (Å²) >= 11 is 0. The van der Waals surface area contributed by atoms with Gasteiger partial charge in [0, 0.05) is 5.54 Å². The minimum atomic E-state index is -0.281. The van der Waals surface area contributed by atoms with Crippen LogP contribution in [0.15, 0.2) is 21.3 Å². The Labute approximate surface area is 94.7 Å². The first-order chi connectivity index (χ1) is 7.30. The second-order valence-electron chi connectivity index (χ2n) is 5.30. The lowest BCUT2D eigenvalue weighted by Crippen LogP contribution is -2.30. The third-order valence-corrected chi connectivity index (χ3v) is 2.68. The highest BCUT2D eigenvalue weighted by Crippen LogP contribution is 2.24. The zero-order chi connectivity index (χ0) is 12.1. The first-order valence-electron chi connectivity index (χ1n) is 5.44. The normalized spacial score (nSPS) is 12.3. The monoisotopic (exact) mass is 219 g/mol. The van der Waals surface area contributed by atoms with Crippen molar-refractivity contribution in [1.29, 1.82) is 0 Å². The fourth-order valence-electron chi connectivity index (χ4n) is 2.10. The summed E-state index contributed by atoms with van der Waals surface area (Å²) in [7, 11) is 0. The molecule has 2 rings (SSSR count). The van der Waals surface area contributed by atoms with Crippen LogP contribution in [0.5, 0.6) is 0 Å². The molecule has 0 radical (unpaired) electrons. The molecule has 0 saturated heterocycles. The molecule has 0 fully saturated rings. The van der Waals surface area contributed by atoms with Crippen molar-refractivity contribution in [3.8, 4) is 0 Å². The van der Waals surface area contributed by atoms with E-state index in [1.165, 1.54) is 0 Å². The Morgan fingerprint density at radius 2 is 1.81 bits per heavy atom. The van der Waals surface area contributed by atoms with Gasteiger partial charge in [0.15, 0.2) is 5.58 Å². The average Bonchev–Trinajstić information content (AvgIpc) is 2.40. The van der Waals surface area contributed by atoms with E-state index in [2.05, 4.69) is 0 Å². The lowest BCUT2D eigenvalue weighted by Gasteiger charge is -2.19. The van der Waals surface area contributed by atoms with Crippen molar-refractivity contribution in [1.82, 2.24) is 4.57 Å². The summed E-state index contributed by atoms with van der Waals surface area (Å²) in [6.07, 6.45) is 0. The minimum Gasteiger partial charge on any atom is -0.407 e. The van der Waals surface area contributed by atoms with E-state index >= 15 is 0 Å². The van der Waals surface area contributed by atoms with Gasteiger partial charge in [-0.15, -0.1) is 0 Å². The van der Waals surface area contributed by atoms with Crippen molar-refractivity contribution in [2.75, 3.05) is 0 Å². The van der Waals surface area contributed by atoms with E-state index in [9.17, 15) is 4.79 Å². The van der Waals surface area contributed by atoms with E-state index in [1.807, 2.05) is 46.8 Å². The van der Waals surface area contributed by atoms with Crippen molar-refractivity contribution >= 4 is 11.1 Å². The highest BCUT2D eigenvalue weighted by atomic mass is 16.4. The highest BCUT2D eigenvalue weighted by Gasteiger charge is 2.21. The Balaban J connectivity index is 2.95. The lowest BCUT2D eigenvalue weighted by molar-refractivity contribution is 0.362. The van der Waals surface area contributed by atoms with Crippen molar-refractivity contribution in [2.24, 2.45) is 0 Å². The molecule has 1 aromatic heterocycles. The summed E-state index contributed by atoms with van der Waals surface area (Å²) in [6.45, 7) is 9.99. The van der Waals surface area contributed by atoms with Gasteiger partial charge in [-0.2, -0.15) is 0 Å². The predicted octanol–water partition coefficient (Wildman–Crippen LogP) is 2.97. The van der Waals surface area contributed by atoms with Gasteiger partial charge in [-0.25, -0.2) is 4.79 Å². The molecule has 3 heteroatoms. The van der Waals surface area contributed by atoms with Gasteiger partial charge in [0.05, 0.1) is 5.52 Å². The van der Waals surface area contributed by atoms with Gasteiger partial charge in [0.25, 0.3) is 0 Å². The maximum Gasteiger partial charge on any atom is 0.420 e. The molecule has 0 aliphatic heterocycles. The van der Waals surface area contributed by atoms with Crippen LogP contribution in [0, 0.1) is 13.8 Å². The molecular weight excluding hydrogens is 202 g/mol. The maximum atomic E-state index is 11.8. The molecule has 0 bridgehead atoms. The van der Waals surface area contributed by atoms with E-state index in [1.54, 1.807) is 4.57 Å². The molecule has 0 aliphatic carbocycles. The number of benzene rings is 1. The third-order valence-electron chi connectivity index (χ3n) is 2.68. The Kier molecular flexibility index (Phi) is 2.22. The summed E-state index contributed by atoms with van der Waals surface area (Å²) in [6, 6.07) is 4.02. The Morgan fingerprint density at radius 1 is 1.19 bits per heavy atom.